The minimum Gasteiger partial charge on any atom is -0.478 e. The van der Waals surface area contributed by atoms with Gasteiger partial charge in [-0.05, 0) is 25.0 Å². The van der Waals surface area contributed by atoms with Crippen molar-refractivity contribution in [2.75, 3.05) is 19.0 Å². The molecule has 0 spiro atoms. The summed E-state index contributed by atoms with van der Waals surface area (Å²) in [5.41, 5.74) is 0.199. The quantitative estimate of drug-likeness (QED) is 0.824. The lowest BCUT2D eigenvalue weighted by molar-refractivity contribution is -0.144. The number of benzene rings is 1. The highest BCUT2D eigenvalue weighted by atomic mass is 16.5. The summed E-state index contributed by atoms with van der Waals surface area (Å²) < 4.78 is 4.67. The van der Waals surface area contributed by atoms with Crippen molar-refractivity contribution in [3.8, 4) is 0 Å². The third-order valence-electron chi connectivity index (χ3n) is 3.39. The maximum Gasteiger partial charge on any atom is 0.337 e. The molecule has 1 fully saturated rings. The molecule has 21 heavy (non-hydrogen) atoms. The number of carbonyl (C=O) groups is 3. The maximum atomic E-state index is 12.2. The molecule has 1 aromatic carbocycles. The van der Waals surface area contributed by atoms with Gasteiger partial charge in [0.15, 0.2) is 0 Å². The fourth-order valence-corrected chi connectivity index (χ4v) is 2.36. The molecule has 1 aromatic rings. The summed E-state index contributed by atoms with van der Waals surface area (Å²) in [6.07, 6.45) is 1.24. The Morgan fingerprint density at radius 3 is 2.71 bits per heavy atom. The van der Waals surface area contributed by atoms with Gasteiger partial charge in [0.25, 0.3) is 0 Å². The number of nitrogens with zero attached hydrogens (tertiary/aromatic N) is 1. The van der Waals surface area contributed by atoms with E-state index in [9.17, 15) is 14.4 Å². The van der Waals surface area contributed by atoms with Crippen molar-refractivity contribution in [2.24, 2.45) is 0 Å². The fraction of sp³-hybridized carbons (Fsp3) is 0.357. The van der Waals surface area contributed by atoms with Crippen LogP contribution in [0.5, 0.6) is 0 Å². The minimum absolute atomic E-state index is 0.000310. The van der Waals surface area contributed by atoms with Gasteiger partial charge in [-0.15, -0.1) is 0 Å². The molecule has 2 amide bonds. The van der Waals surface area contributed by atoms with E-state index in [0.717, 1.165) is 0 Å². The highest BCUT2D eigenvalue weighted by Gasteiger charge is 2.35. The predicted octanol–water partition coefficient (Wildman–Crippen LogP) is 1.55. The van der Waals surface area contributed by atoms with E-state index < -0.39 is 24.0 Å². The Bertz CT molecular complexity index is 572. The van der Waals surface area contributed by atoms with Crippen LogP contribution in [0.4, 0.5) is 10.5 Å². The summed E-state index contributed by atoms with van der Waals surface area (Å²) in [4.78, 5) is 36.3. The van der Waals surface area contributed by atoms with Crippen LogP contribution >= 0.6 is 0 Å². The average Bonchev–Trinajstić information content (AvgIpc) is 2.96. The largest absolute Gasteiger partial charge is 0.478 e. The van der Waals surface area contributed by atoms with E-state index >= 15 is 0 Å². The van der Waals surface area contributed by atoms with Crippen LogP contribution in [-0.4, -0.2) is 47.7 Å². The zero-order chi connectivity index (χ0) is 15.4. The number of aromatic carboxylic acids is 1. The molecule has 0 aliphatic carbocycles. The molecule has 1 unspecified atom stereocenters. The smallest absolute Gasteiger partial charge is 0.337 e. The molecule has 1 aliphatic rings. The first-order chi connectivity index (χ1) is 10.0. The number of hydrogen-bond acceptors (Lipinski definition) is 4. The van der Waals surface area contributed by atoms with Crippen molar-refractivity contribution in [1.82, 2.24) is 4.90 Å². The monoisotopic (exact) mass is 292 g/mol. The minimum atomic E-state index is -1.13. The van der Waals surface area contributed by atoms with Crippen LogP contribution in [-0.2, 0) is 9.53 Å². The first-order valence-corrected chi connectivity index (χ1v) is 6.52. The molecule has 1 heterocycles. The van der Waals surface area contributed by atoms with E-state index in [-0.39, 0.29) is 11.3 Å². The number of anilines is 1. The van der Waals surface area contributed by atoms with E-state index in [0.29, 0.717) is 19.4 Å². The van der Waals surface area contributed by atoms with Crippen LogP contribution in [0.15, 0.2) is 24.3 Å². The molecule has 0 saturated carbocycles. The number of amides is 2. The number of urea groups is 1. The van der Waals surface area contributed by atoms with Gasteiger partial charge in [0.05, 0.1) is 18.4 Å². The second kappa shape index (κ2) is 6.25. The van der Waals surface area contributed by atoms with Crippen LogP contribution in [0.1, 0.15) is 23.2 Å². The van der Waals surface area contributed by atoms with Gasteiger partial charge >= 0.3 is 18.0 Å². The number of rotatable bonds is 3. The summed E-state index contributed by atoms with van der Waals surface area (Å²) in [7, 11) is 1.27. The van der Waals surface area contributed by atoms with Crippen molar-refractivity contribution < 1.29 is 24.2 Å². The Kier molecular flexibility index (Phi) is 4.42. The molecule has 112 valence electrons. The standard InChI is InChI=1S/C14H16N2O5/c1-21-13(19)11-7-4-8-16(11)14(20)15-10-6-3-2-5-9(10)12(17)18/h2-3,5-6,11H,4,7-8H2,1H3,(H,15,20)(H,17,18). The zero-order valence-electron chi connectivity index (χ0n) is 11.5. The number of hydrogen-bond donors (Lipinski definition) is 2. The van der Waals surface area contributed by atoms with E-state index in [2.05, 4.69) is 10.1 Å². The average molecular weight is 292 g/mol. The van der Waals surface area contributed by atoms with E-state index in [1.807, 2.05) is 0 Å². The topological polar surface area (TPSA) is 95.9 Å². The molecule has 1 atom stereocenters. The lowest BCUT2D eigenvalue weighted by Gasteiger charge is -2.23. The van der Waals surface area contributed by atoms with Crippen LogP contribution in [0, 0.1) is 0 Å². The molecule has 2 rings (SSSR count). The van der Waals surface area contributed by atoms with Gasteiger partial charge in [-0.3, -0.25) is 0 Å². The molecule has 0 radical (unpaired) electrons. The van der Waals surface area contributed by atoms with Crippen LogP contribution in [0.3, 0.4) is 0 Å². The van der Waals surface area contributed by atoms with Crippen LogP contribution in [0.2, 0.25) is 0 Å². The molecule has 1 saturated heterocycles. The van der Waals surface area contributed by atoms with Crippen molar-refractivity contribution >= 4 is 23.7 Å². The first-order valence-electron chi connectivity index (χ1n) is 6.52. The second-order valence-corrected chi connectivity index (χ2v) is 4.66. The summed E-state index contributed by atoms with van der Waals surface area (Å²) in [5, 5.41) is 11.6. The van der Waals surface area contributed by atoms with Gasteiger partial charge < -0.3 is 20.1 Å². The van der Waals surface area contributed by atoms with Gasteiger partial charge in [-0.2, -0.15) is 0 Å². The van der Waals surface area contributed by atoms with E-state index in [1.165, 1.54) is 24.1 Å². The summed E-state index contributed by atoms with van der Waals surface area (Å²) in [5.74, 6) is -1.59. The Balaban J connectivity index is 2.15. The van der Waals surface area contributed by atoms with Gasteiger partial charge in [0, 0.05) is 6.54 Å². The number of para-hydroxylation sites is 1. The number of likely N-dealkylation sites (tertiary alicyclic amines) is 1. The third kappa shape index (κ3) is 3.13. The summed E-state index contributed by atoms with van der Waals surface area (Å²) in [6, 6.07) is 4.99. The lowest BCUT2D eigenvalue weighted by atomic mass is 10.2. The van der Waals surface area contributed by atoms with Gasteiger partial charge in [0.1, 0.15) is 6.04 Å². The van der Waals surface area contributed by atoms with Crippen molar-refractivity contribution in [3.05, 3.63) is 29.8 Å². The molecule has 7 nitrogen and oxygen atoms in total. The number of nitrogens with one attached hydrogen (secondary N) is 1. The lowest BCUT2D eigenvalue weighted by Crippen LogP contribution is -2.43. The van der Waals surface area contributed by atoms with Crippen molar-refractivity contribution in [1.29, 1.82) is 0 Å². The number of carboxylic acids is 1. The highest BCUT2D eigenvalue weighted by molar-refractivity contribution is 6.00. The van der Waals surface area contributed by atoms with Crippen LogP contribution < -0.4 is 5.32 Å². The number of carboxylic acid groups (broad SMARTS) is 1. The number of esters is 1. The second-order valence-electron chi connectivity index (χ2n) is 4.66. The molecule has 2 N–H and O–H groups in total. The maximum absolute atomic E-state index is 12.2. The summed E-state index contributed by atoms with van der Waals surface area (Å²) in [6.45, 7) is 0.431. The molecule has 0 bridgehead atoms. The fourth-order valence-electron chi connectivity index (χ4n) is 2.36. The molecule has 7 heteroatoms. The number of methoxy groups -OCH3 is 1. The predicted molar refractivity (Wildman–Crippen MR) is 74.2 cm³/mol. The highest BCUT2D eigenvalue weighted by Crippen LogP contribution is 2.21. The Labute approximate surface area is 121 Å². The molecular formula is C14H16N2O5. The molecule has 0 aromatic heterocycles. The normalized spacial score (nSPS) is 17.4. The van der Waals surface area contributed by atoms with E-state index in [4.69, 9.17) is 5.11 Å². The van der Waals surface area contributed by atoms with Crippen LogP contribution in [0.25, 0.3) is 0 Å². The number of ether oxygens (including phenoxy) is 1. The first kappa shape index (κ1) is 14.8. The van der Waals surface area contributed by atoms with Gasteiger partial charge in [-0.1, -0.05) is 12.1 Å². The zero-order valence-corrected chi connectivity index (χ0v) is 11.5. The van der Waals surface area contributed by atoms with E-state index in [1.54, 1.807) is 12.1 Å². The van der Waals surface area contributed by atoms with Crippen molar-refractivity contribution in [2.45, 2.75) is 18.9 Å². The van der Waals surface area contributed by atoms with Gasteiger partial charge in [-0.25, -0.2) is 14.4 Å². The molecular weight excluding hydrogens is 276 g/mol. The molecule has 1 aliphatic heterocycles. The Morgan fingerprint density at radius 1 is 1.33 bits per heavy atom. The number of carbonyl (C=O) groups excluding carboxylic acids is 2. The SMILES string of the molecule is COC(=O)C1CCCN1C(=O)Nc1ccccc1C(=O)O. The summed E-state index contributed by atoms with van der Waals surface area (Å²) >= 11 is 0. The third-order valence-corrected chi connectivity index (χ3v) is 3.39. The Morgan fingerprint density at radius 2 is 2.05 bits per heavy atom. The Hall–Kier alpha value is -2.57. The van der Waals surface area contributed by atoms with Gasteiger partial charge in [0.2, 0.25) is 0 Å². The van der Waals surface area contributed by atoms with Crippen molar-refractivity contribution in [3.63, 3.8) is 0 Å².